The highest BCUT2D eigenvalue weighted by Crippen LogP contribution is 2.23. The quantitative estimate of drug-likeness (QED) is 0.916. The zero-order valence-corrected chi connectivity index (χ0v) is 11.8. The van der Waals surface area contributed by atoms with Crippen molar-refractivity contribution in [1.82, 2.24) is 14.9 Å². The fourth-order valence-electron chi connectivity index (χ4n) is 2.08. The zero-order valence-electron chi connectivity index (χ0n) is 11.8. The molecule has 0 aliphatic rings. The molecule has 1 N–H and O–H groups in total. The lowest BCUT2D eigenvalue weighted by atomic mass is 10.1. The second-order valence-electron chi connectivity index (χ2n) is 4.80. The normalized spacial score (nSPS) is 12.4. The van der Waals surface area contributed by atoms with Crippen molar-refractivity contribution in [3.05, 3.63) is 59.4 Å². The molecular formula is C15H16FN3O2. The lowest BCUT2D eigenvalue weighted by Crippen LogP contribution is -2.24. The van der Waals surface area contributed by atoms with Gasteiger partial charge in [0, 0.05) is 24.3 Å². The Morgan fingerprint density at radius 1 is 1.43 bits per heavy atom. The second-order valence-corrected chi connectivity index (χ2v) is 4.80. The van der Waals surface area contributed by atoms with Crippen molar-refractivity contribution in [2.24, 2.45) is 0 Å². The summed E-state index contributed by atoms with van der Waals surface area (Å²) in [4.78, 5) is 20.7. The molecule has 2 aromatic rings. The van der Waals surface area contributed by atoms with Crippen molar-refractivity contribution in [2.75, 3.05) is 7.05 Å². The summed E-state index contributed by atoms with van der Waals surface area (Å²) >= 11 is 0. The number of carboxylic acid groups (broad SMARTS) is 1. The molecule has 0 aliphatic carbocycles. The molecule has 0 fully saturated rings. The van der Waals surface area contributed by atoms with Gasteiger partial charge in [-0.3, -0.25) is 4.90 Å². The minimum absolute atomic E-state index is 0.0603. The average molecular weight is 289 g/mol. The topological polar surface area (TPSA) is 66.3 Å². The van der Waals surface area contributed by atoms with E-state index in [9.17, 15) is 9.18 Å². The van der Waals surface area contributed by atoms with Crippen molar-refractivity contribution in [1.29, 1.82) is 0 Å². The number of rotatable bonds is 5. The molecule has 1 aromatic heterocycles. The highest BCUT2D eigenvalue weighted by Gasteiger charge is 2.19. The number of aromatic nitrogens is 2. The van der Waals surface area contributed by atoms with Crippen LogP contribution in [0.15, 0.2) is 36.8 Å². The summed E-state index contributed by atoms with van der Waals surface area (Å²) in [7, 11) is 1.80. The van der Waals surface area contributed by atoms with Gasteiger partial charge < -0.3 is 5.11 Å². The van der Waals surface area contributed by atoms with E-state index in [0.717, 1.165) is 0 Å². The molecule has 1 aromatic carbocycles. The molecule has 1 heterocycles. The molecule has 0 aliphatic heterocycles. The van der Waals surface area contributed by atoms with Gasteiger partial charge in [-0.2, -0.15) is 0 Å². The van der Waals surface area contributed by atoms with Crippen LogP contribution in [0, 0.1) is 5.82 Å². The molecule has 0 amide bonds. The van der Waals surface area contributed by atoms with Crippen molar-refractivity contribution in [3.63, 3.8) is 0 Å². The van der Waals surface area contributed by atoms with Gasteiger partial charge in [-0.25, -0.2) is 19.2 Å². The largest absolute Gasteiger partial charge is 0.478 e. The number of nitrogens with zero attached hydrogens (tertiary/aromatic N) is 3. The van der Waals surface area contributed by atoms with E-state index in [1.54, 1.807) is 25.2 Å². The standard InChI is InChI=1S/C15H16FN3O2/c1-10(11-5-3-4-6-13(11)16)19(2)8-14-12(15(20)21)7-17-9-18-14/h3-7,9-10H,8H2,1-2H3,(H,20,21). The number of carbonyl (C=O) groups is 1. The molecule has 1 atom stereocenters. The number of benzene rings is 1. The second kappa shape index (κ2) is 6.41. The maximum atomic E-state index is 13.8. The summed E-state index contributed by atoms with van der Waals surface area (Å²) in [6.07, 6.45) is 2.58. The molecule has 0 bridgehead atoms. The van der Waals surface area contributed by atoms with Crippen molar-refractivity contribution in [2.45, 2.75) is 19.5 Å². The fraction of sp³-hybridized carbons (Fsp3) is 0.267. The summed E-state index contributed by atoms with van der Waals surface area (Å²) in [5, 5.41) is 9.12. The number of halogens is 1. The van der Waals surface area contributed by atoms with E-state index in [2.05, 4.69) is 9.97 Å². The van der Waals surface area contributed by atoms with Crippen LogP contribution in [0.3, 0.4) is 0 Å². The molecule has 110 valence electrons. The Bertz CT molecular complexity index is 648. The van der Waals surface area contributed by atoms with Gasteiger partial charge in [0.05, 0.1) is 5.69 Å². The average Bonchev–Trinajstić information content (AvgIpc) is 2.47. The summed E-state index contributed by atoms with van der Waals surface area (Å²) in [6.45, 7) is 2.15. The Balaban J connectivity index is 2.20. The molecule has 1 unspecified atom stereocenters. The van der Waals surface area contributed by atoms with Crippen LogP contribution in [0.2, 0.25) is 0 Å². The Kier molecular flexibility index (Phi) is 4.59. The van der Waals surface area contributed by atoms with Gasteiger partial charge in [0.1, 0.15) is 17.7 Å². The minimum Gasteiger partial charge on any atom is -0.478 e. The van der Waals surface area contributed by atoms with Gasteiger partial charge in [0.25, 0.3) is 0 Å². The van der Waals surface area contributed by atoms with Crippen LogP contribution in [0.5, 0.6) is 0 Å². The highest BCUT2D eigenvalue weighted by atomic mass is 19.1. The van der Waals surface area contributed by atoms with Crippen LogP contribution in [-0.4, -0.2) is 33.0 Å². The summed E-state index contributed by atoms with van der Waals surface area (Å²) in [6, 6.07) is 6.33. The number of hydrogen-bond acceptors (Lipinski definition) is 4. The zero-order chi connectivity index (χ0) is 15.4. The Hall–Kier alpha value is -2.34. The molecule has 5 nitrogen and oxygen atoms in total. The SMILES string of the molecule is CC(c1ccccc1F)N(C)Cc1ncncc1C(=O)O. The number of carboxylic acids is 1. The lowest BCUT2D eigenvalue weighted by Gasteiger charge is -2.25. The molecule has 0 spiro atoms. The van der Waals surface area contributed by atoms with Crippen molar-refractivity contribution < 1.29 is 14.3 Å². The van der Waals surface area contributed by atoms with Crippen LogP contribution in [0.25, 0.3) is 0 Å². The summed E-state index contributed by atoms with van der Waals surface area (Å²) < 4.78 is 13.8. The first kappa shape index (κ1) is 15.1. The number of hydrogen-bond donors (Lipinski definition) is 1. The molecule has 21 heavy (non-hydrogen) atoms. The third-order valence-corrected chi connectivity index (χ3v) is 3.44. The fourth-order valence-corrected chi connectivity index (χ4v) is 2.08. The third kappa shape index (κ3) is 3.41. The molecule has 6 heteroatoms. The Labute approximate surface area is 122 Å². The molecule has 0 saturated carbocycles. The van der Waals surface area contributed by atoms with E-state index in [-0.39, 0.29) is 17.4 Å². The van der Waals surface area contributed by atoms with E-state index in [1.807, 2.05) is 11.8 Å². The monoisotopic (exact) mass is 289 g/mol. The Morgan fingerprint density at radius 3 is 2.81 bits per heavy atom. The molecule has 2 rings (SSSR count). The van der Waals surface area contributed by atoms with Crippen LogP contribution in [0.1, 0.15) is 34.6 Å². The van der Waals surface area contributed by atoms with Gasteiger partial charge in [-0.1, -0.05) is 18.2 Å². The van der Waals surface area contributed by atoms with Gasteiger partial charge in [0.15, 0.2) is 0 Å². The van der Waals surface area contributed by atoms with Crippen molar-refractivity contribution in [3.8, 4) is 0 Å². The summed E-state index contributed by atoms with van der Waals surface area (Å²) in [5.74, 6) is -1.35. The van der Waals surface area contributed by atoms with E-state index < -0.39 is 5.97 Å². The van der Waals surface area contributed by atoms with E-state index in [1.165, 1.54) is 18.6 Å². The van der Waals surface area contributed by atoms with Gasteiger partial charge in [0.2, 0.25) is 0 Å². The van der Waals surface area contributed by atoms with E-state index in [4.69, 9.17) is 5.11 Å². The van der Waals surface area contributed by atoms with E-state index >= 15 is 0 Å². The summed E-state index contributed by atoms with van der Waals surface area (Å²) in [5.41, 5.74) is 1.03. The maximum Gasteiger partial charge on any atom is 0.339 e. The minimum atomic E-state index is -1.07. The van der Waals surface area contributed by atoms with Crippen LogP contribution < -0.4 is 0 Å². The van der Waals surface area contributed by atoms with Crippen LogP contribution >= 0.6 is 0 Å². The van der Waals surface area contributed by atoms with Gasteiger partial charge in [-0.05, 0) is 20.0 Å². The maximum absolute atomic E-state index is 13.8. The van der Waals surface area contributed by atoms with E-state index in [0.29, 0.717) is 17.8 Å². The third-order valence-electron chi connectivity index (χ3n) is 3.44. The van der Waals surface area contributed by atoms with Crippen LogP contribution in [0.4, 0.5) is 4.39 Å². The molecule has 0 radical (unpaired) electrons. The smallest absolute Gasteiger partial charge is 0.339 e. The van der Waals surface area contributed by atoms with Crippen molar-refractivity contribution >= 4 is 5.97 Å². The van der Waals surface area contributed by atoms with Gasteiger partial charge >= 0.3 is 5.97 Å². The Morgan fingerprint density at radius 2 is 2.14 bits per heavy atom. The van der Waals surface area contributed by atoms with Gasteiger partial charge in [-0.15, -0.1) is 0 Å². The predicted molar refractivity (Wildman–Crippen MR) is 75.3 cm³/mol. The predicted octanol–water partition coefficient (Wildman–Crippen LogP) is 2.51. The highest BCUT2D eigenvalue weighted by molar-refractivity contribution is 5.88. The lowest BCUT2D eigenvalue weighted by molar-refractivity contribution is 0.0693. The number of aromatic carboxylic acids is 1. The first-order chi connectivity index (χ1) is 10.0. The first-order valence-electron chi connectivity index (χ1n) is 6.47. The first-order valence-corrected chi connectivity index (χ1v) is 6.47. The molecule has 0 saturated heterocycles. The molecular weight excluding hydrogens is 273 g/mol. The van der Waals surface area contributed by atoms with Crippen LogP contribution in [-0.2, 0) is 6.54 Å².